The quantitative estimate of drug-likeness (QED) is 0.731. The van der Waals surface area contributed by atoms with Gasteiger partial charge < -0.3 is 13.9 Å². The summed E-state index contributed by atoms with van der Waals surface area (Å²) in [6.07, 6.45) is 0. The zero-order chi connectivity index (χ0) is 15.8. The molecule has 0 saturated carbocycles. The van der Waals surface area contributed by atoms with Crippen LogP contribution in [0.5, 0.6) is 11.5 Å². The molecule has 1 aliphatic heterocycles. The molecule has 0 fully saturated rings. The van der Waals surface area contributed by atoms with Crippen LogP contribution in [0.1, 0.15) is 10.4 Å². The van der Waals surface area contributed by atoms with Crippen molar-refractivity contribution in [1.82, 2.24) is 10.2 Å². The standard InChI is InChI=1S/C14H8BrN3O4S/c15-11-4-3-10(23-11)13-17-18-14(22-13)16-12(19)7-1-2-8-9(5-7)21-6-20-8/h1-5H,6H2,(H,16,18,19). The molecule has 1 N–H and O–H groups in total. The van der Waals surface area contributed by atoms with Crippen LogP contribution in [0.25, 0.3) is 10.8 Å². The van der Waals surface area contributed by atoms with Crippen molar-refractivity contribution < 1.29 is 18.7 Å². The molecule has 3 aromatic rings. The van der Waals surface area contributed by atoms with E-state index in [0.29, 0.717) is 23.0 Å². The average molecular weight is 394 g/mol. The first kappa shape index (κ1) is 14.2. The molecule has 3 heterocycles. The second kappa shape index (κ2) is 5.67. The van der Waals surface area contributed by atoms with Crippen molar-refractivity contribution in [1.29, 1.82) is 0 Å². The number of halogens is 1. The molecular weight excluding hydrogens is 386 g/mol. The van der Waals surface area contributed by atoms with Gasteiger partial charge in [-0.05, 0) is 46.3 Å². The molecule has 23 heavy (non-hydrogen) atoms. The lowest BCUT2D eigenvalue weighted by molar-refractivity contribution is 0.102. The van der Waals surface area contributed by atoms with E-state index < -0.39 is 0 Å². The zero-order valence-corrected chi connectivity index (χ0v) is 13.8. The topological polar surface area (TPSA) is 86.5 Å². The summed E-state index contributed by atoms with van der Waals surface area (Å²) >= 11 is 4.83. The third kappa shape index (κ3) is 2.80. The van der Waals surface area contributed by atoms with Crippen LogP contribution in [0.15, 0.2) is 38.5 Å². The second-order valence-corrected chi connectivity index (χ2v) is 7.00. The Morgan fingerprint density at radius 3 is 2.87 bits per heavy atom. The summed E-state index contributed by atoms with van der Waals surface area (Å²) < 4.78 is 16.9. The first-order valence-electron chi connectivity index (χ1n) is 6.49. The number of ether oxygens (including phenoxy) is 2. The highest BCUT2D eigenvalue weighted by Gasteiger charge is 2.18. The van der Waals surface area contributed by atoms with Gasteiger partial charge in [-0.1, -0.05) is 5.10 Å². The first-order chi connectivity index (χ1) is 11.2. The molecule has 2 aromatic heterocycles. The van der Waals surface area contributed by atoms with Gasteiger partial charge in [-0.25, -0.2) is 0 Å². The number of benzene rings is 1. The summed E-state index contributed by atoms with van der Waals surface area (Å²) in [6.45, 7) is 0.157. The van der Waals surface area contributed by atoms with Crippen molar-refractivity contribution in [3.8, 4) is 22.3 Å². The summed E-state index contributed by atoms with van der Waals surface area (Å²) in [5.74, 6) is 1.13. The SMILES string of the molecule is O=C(Nc1nnc(-c2ccc(Br)s2)o1)c1ccc2c(c1)OCO2. The van der Waals surface area contributed by atoms with Gasteiger partial charge in [0.15, 0.2) is 11.5 Å². The van der Waals surface area contributed by atoms with Crippen molar-refractivity contribution >= 4 is 39.2 Å². The van der Waals surface area contributed by atoms with Gasteiger partial charge in [-0.3, -0.25) is 10.1 Å². The Labute approximate surface area is 142 Å². The van der Waals surface area contributed by atoms with E-state index in [-0.39, 0.29) is 18.7 Å². The molecule has 0 unspecified atom stereocenters. The molecular formula is C14H8BrN3O4S. The van der Waals surface area contributed by atoms with Crippen LogP contribution < -0.4 is 14.8 Å². The number of hydrogen-bond donors (Lipinski definition) is 1. The van der Waals surface area contributed by atoms with E-state index in [0.717, 1.165) is 8.66 Å². The van der Waals surface area contributed by atoms with E-state index >= 15 is 0 Å². The van der Waals surface area contributed by atoms with Crippen molar-refractivity contribution in [3.05, 3.63) is 39.7 Å². The number of anilines is 1. The molecule has 7 nitrogen and oxygen atoms in total. The van der Waals surface area contributed by atoms with Crippen LogP contribution in [0.2, 0.25) is 0 Å². The highest BCUT2D eigenvalue weighted by atomic mass is 79.9. The predicted molar refractivity (Wildman–Crippen MR) is 85.8 cm³/mol. The molecule has 4 rings (SSSR count). The minimum absolute atomic E-state index is 0.0344. The number of fused-ring (bicyclic) bond motifs is 1. The Bertz CT molecular complexity index is 892. The van der Waals surface area contributed by atoms with Crippen LogP contribution >= 0.6 is 27.3 Å². The summed E-state index contributed by atoms with van der Waals surface area (Å²) in [4.78, 5) is 13.0. The van der Waals surface area contributed by atoms with E-state index in [2.05, 4.69) is 31.4 Å². The molecule has 0 atom stereocenters. The van der Waals surface area contributed by atoms with Gasteiger partial charge in [0.25, 0.3) is 11.8 Å². The van der Waals surface area contributed by atoms with E-state index in [9.17, 15) is 4.79 Å². The highest BCUT2D eigenvalue weighted by molar-refractivity contribution is 9.11. The fourth-order valence-corrected chi connectivity index (χ4v) is 3.32. The van der Waals surface area contributed by atoms with Crippen LogP contribution in [0, 0.1) is 0 Å². The molecule has 0 bridgehead atoms. The van der Waals surface area contributed by atoms with Crippen molar-refractivity contribution in [2.75, 3.05) is 12.1 Å². The van der Waals surface area contributed by atoms with Crippen molar-refractivity contribution in [2.24, 2.45) is 0 Å². The summed E-state index contributed by atoms with van der Waals surface area (Å²) in [5, 5.41) is 10.3. The average Bonchev–Trinajstić information content (AvgIpc) is 3.26. The lowest BCUT2D eigenvalue weighted by Gasteiger charge is -2.02. The second-order valence-electron chi connectivity index (χ2n) is 4.54. The third-order valence-electron chi connectivity index (χ3n) is 3.06. The fraction of sp³-hybridized carbons (Fsp3) is 0.0714. The molecule has 0 aliphatic carbocycles. The van der Waals surface area contributed by atoms with E-state index in [1.165, 1.54) is 11.3 Å². The number of thiophene rings is 1. The van der Waals surface area contributed by atoms with Crippen LogP contribution in [-0.2, 0) is 0 Å². The minimum atomic E-state index is -0.370. The monoisotopic (exact) mass is 393 g/mol. The van der Waals surface area contributed by atoms with Gasteiger partial charge in [-0.2, -0.15) is 0 Å². The largest absolute Gasteiger partial charge is 0.454 e. The highest BCUT2D eigenvalue weighted by Crippen LogP contribution is 2.33. The normalized spacial score (nSPS) is 12.4. The zero-order valence-electron chi connectivity index (χ0n) is 11.4. The first-order valence-corrected chi connectivity index (χ1v) is 8.10. The summed E-state index contributed by atoms with van der Waals surface area (Å²) in [5.41, 5.74) is 0.410. The fourth-order valence-electron chi connectivity index (χ4n) is 2.01. The lowest BCUT2D eigenvalue weighted by atomic mass is 10.2. The maximum absolute atomic E-state index is 12.2. The maximum Gasteiger partial charge on any atom is 0.322 e. The number of carbonyl (C=O) groups excluding carboxylic acids is 1. The van der Waals surface area contributed by atoms with Gasteiger partial charge in [0.2, 0.25) is 6.79 Å². The number of carbonyl (C=O) groups is 1. The number of nitrogens with zero attached hydrogens (tertiary/aromatic N) is 2. The third-order valence-corrected chi connectivity index (χ3v) is 4.68. The van der Waals surface area contributed by atoms with Crippen LogP contribution in [0.3, 0.4) is 0 Å². The van der Waals surface area contributed by atoms with Gasteiger partial charge in [0, 0.05) is 5.56 Å². The Kier molecular flexibility index (Phi) is 3.50. The summed E-state index contributed by atoms with van der Waals surface area (Å²) in [6, 6.07) is 8.69. The molecule has 116 valence electrons. The smallest absolute Gasteiger partial charge is 0.322 e. The van der Waals surface area contributed by atoms with Crippen molar-refractivity contribution in [3.63, 3.8) is 0 Å². The molecule has 0 spiro atoms. The van der Waals surface area contributed by atoms with Crippen molar-refractivity contribution in [2.45, 2.75) is 0 Å². The maximum atomic E-state index is 12.2. The number of hydrogen-bond acceptors (Lipinski definition) is 7. The van der Waals surface area contributed by atoms with E-state index in [1.54, 1.807) is 18.2 Å². The number of aromatic nitrogens is 2. The van der Waals surface area contributed by atoms with Gasteiger partial charge in [0.1, 0.15) is 0 Å². The molecule has 1 amide bonds. The van der Waals surface area contributed by atoms with Crippen LogP contribution in [-0.4, -0.2) is 22.9 Å². The predicted octanol–water partition coefficient (Wildman–Crippen LogP) is 3.54. The Hall–Kier alpha value is -2.39. The molecule has 0 saturated heterocycles. The Morgan fingerprint density at radius 1 is 1.17 bits per heavy atom. The van der Waals surface area contributed by atoms with E-state index in [4.69, 9.17) is 13.9 Å². The molecule has 1 aliphatic rings. The van der Waals surface area contributed by atoms with E-state index in [1.807, 2.05) is 12.1 Å². The lowest BCUT2D eigenvalue weighted by Crippen LogP contribution is -2.12. The number of rotatable bonds is 3. The van der Waals surface area contributed by atoms with Gasteiger partial charge in [-0.15, -0.1) is 16.4 Å². The summed E-state index contributed by atoms with van der Waals surface area (Å²) in [7, 11) is 0. The van der Waals surface area contributed by atoms with Gasteiger partial charge >= 0.3 is 6.01 Å². The Balaban J connectivity index is 1.52. The van der Waals surface area contributed by atoms with Crippen LogP contribution in [0.4, 0.5) is 6.01 Å². The number of amides is 1. The minimum Gasteiger partial charge on any atom is -0.454 e. The molecule has 1 aromatic carbocycles. The van der Waals surface area contributed by atoms with Gasteiger partial charge in [0.05, 0.1) is 8.66 Å². The molecule has 9 heteroatoms. The number of nitrogens with one attached hydrogen (secondary N) is 1. The molecule has 0 radical (unpaired) electrons. The Morgan fingerprint density at radius 2 is 2.04 bits per heavy atom.